The molecular formula is C7H15NO4. The van der Waals surface area contributed by atoms with Crippen LogP contribution in [0, 0.1) is 0 Å². The fourth-order valence-corrected chi connectivity index (χ4v) is 1.39. The Morgan fingerprint density at radius 2 is 2.00 bits per heavy atom. The van der Waals surface area contributed by atoms with Gasteiger partial charge in [-0.15, -0.1) is 0 Å². The van der Waals surface area contributed by atoms with Gasteiger partial charge in [0.2, 0.25) is 0 Å². The van der Waals surface area contributed by atoms with Gasteiger partial charge in [0.25, 0.3) is 0 Å². The Kier molecular flexibility index (Phi) is 3.42. The minimum absolute atomic E-state index is 0.0887. The third-order valence-electron chi connectivity index (χ3n) is 2.10. The number of aliphatic hydroxyl groups is 3. The summed E-state index contributed by atoms with van der Waals surface area (Å²) in [7, 11) is 0. The lowest BCUT2D eigenvalue weighted by atomic mass is 10.2. The molecule has 4 atom stereocenters. The molecule has 0 spiro atoms. The van der Waals surface area contributed by atoms with E-state index in [9.17, 15) is 10.2 Å². The van der Waals surface area contributed by atoms with E-state index in [0.717, 1.165) is 0 Å². The van der Waals surface area contributed by atoms with Crippen molar-refractivity contribution < 1.29 is 20.1 Å². The van der Waals surface area contributed by atoms with Crippen molar-refractivity contribution >= 4 is 0 Å². The largest absolute Gasteiger partial charge is 0.394 e. The molecule has 1 saturated carbocycles. The number of hydrogen-bond acceptors (Lipinski definition) is 5. The van der Waals surface area contributed by atoms with Crippen molar-refractivity contribution in [1.29, 1.82) is 0 Å². The van der Waals surface area contributed by atoms with Crippen LogP contribution in [0.3, 0.4) is 0 Å². The van der Waals surface area contributed by atoms with Crippen LogP contribution in [0.25, 0.3) is 0 Å². The maximum atomic E-state index is 9.32. The van der Waals surface area contributed by atoms with Crippen molar-refractivity contribution in [3.05, 3.63) is 0 Å². The van der Waals surface area contributed by atoms with E-state index in [1.807, 2.05) is 0 Å². The molecule has 0 radical (unpaired) electrons. The molecule has 5 nitrogen and oxygen atoms in total. The SMILES string of the molecule is N[C@@H]1C[C@H](OCCO)[C@@H](O)C1O. The maximum Gasteiger partial charge on any atom is 0.108 e. The van der Waals surface area contributed by atoms with Crippen LogP contribution in [0.15, 0.2) is 0 Å². The van der Waals surface area contributed by atoms with E-state index in [0.29, 0.717) is 6.42 Å². The van der Waals surface area contributed by atoms with Gasteiger partial charge in [-0.1, -0.05) is 0 Å². The molecule has 0 aromatic heterocycles. The highest BCUT2D eigenvalue weighted by Crippen LogP contribution is 2.21. The van der Waals surface area contributed by atoms with Crippen molar-refractivity contribution in [3.63, 3.8) is 0 Å². The zero-order chi connectivity index (χ0) is 9.14. The summed E-state index contributed by atoms with van der Waals surface area (Å²) < 4.78 is 5.07. The first-order valence-corrected chi connectivity index (χ1v) is 4.01. The zero-order valence-electron chi connectivity index (χ0n) is 6.76. The molecule has 0 aromatic rings. The third-order valence-corrected chi connectivity index (χ3v) is 2.10. The summed E-state index contributed by atoms with van der Waals surface area (Å²) in [6.45, 7) is 0.0791. The van der Waals surface area contributed by atoms with E-state index in [1.54, 1.807) is 0 Å². The van der Waals surface area contributed by atoms with E-state index in [1.165, 1.54) is 0 Å². The van der Waals surface area contributed by atoms with Crippen molar-refractivity contribution in [2.45, 2.75) is 30.8 Å². The minimum atomic E-state index is -0.924. The van der Waals surface area contributed by atoms with Crippen LogP contribution in [0.1, 0.15) is 6.42 Å². The summed E-state index contributed by atoms with van der Waals surface area (Å²) >= 11 is 0. The first-order chi connectivity index (χ1) is 5.66. The van der Waals surface area contributed by atoms with Gasteiger partial charge in [-0.05, 0) is 6.42 Å². The fourth-order valence-electron chi connectivity index (χ4n) is 1.39. The van der Waals surface area contributed by atoms with E-state index < -0.39 is 24.4 Å². The molecule has 0 aliphatic heterocycles. The van der Waals surface area contributed by atoms with Gasteiger partial charge in [-0.3, -0.25) is 0 Å². The third kappa shape index (κ3) is 1.94. The molecule has 0 amide bonds. The summed E-state index contributed by atoms with van der Waals surface area (Å²) in [5, 5.41) is 27.0. The molecule has 5 N–H and O–H groups in total. The predicted molar refractivity (Wildman–Crippen MR) is 41.4 cm³/mol. The second-order valence-electron chi connectivity index (χ2n) is 3.01. The van der Waals surface area contributed by atoms with Crippen LogP contribution in [0.5, 0.6) is 0 Å². The van der Waals surface area contributed by atoms with Gasteiger partial charge >= 0.3 is 0 Å². The summed E-state index contributed by atoms with van der Waals surface area (Å²) in [5.74, 6) is 0. The smallest absolute Gasteiger partial charge is 0.108 e. The highest BCUT2D eigenvalue weighted by molar-refractivity contribution is 4.94. The summed E-state index contributed by atoms with van der Waals surface area (Å²) in [6.07, 6.45) is -1.84. The first-order valence-electron chi connectivity index (χ1n) is 4.01. The Hall–Kier alpha value is -0.200. The van der Waals surface area contributed by atoms with Crippen molar-refractivity contribution in [2.75, 3.05) is 13.2 Å². The number of ether oxygens (including phenoxy) is 1. The van der Waals surface area contributed by atoms with Crippen LogP contribution < -0.4 is 5.73 Å². The maximum absolute atomic E-state index is 9.32. The Labute approximate surface area is 70.8 Å². The van der Waals surface area contributed by atoms with E-state index in [2.05, 4.69) is 0 Å². The molecule has 5 heteroatoms. The van der Waals surface area contributed by atoms with Crippen molar-refractivity contribution in [2.24, 2.45) is 5.73 Å². The minimum Gasteiger partial charge on any atom is -0.394 e. The molecule has 0 aromatic carbocycles. The van der Waals surface area contributed by atoms with Crippen LogP contribution in [-0.2, 0) is 4.74 Å². The zero-order valence-corrected chi connectivity index (χ0v) is 6.76. The van der Waals surface area contributed by atoms with Gasteiger partial charge in [-0.25, -0.2) is 0 Å². The highest BCUT2D eigenvalue weighted by Gasteiger charge is 2.39. The normalized spacial score (nSPS) is 42.0. The Bertz CT molecular complexity index is 143. The van der Waals surface area contributed by atoms with Crippen LogP contribution in [-0.4, -0.2) is 52.9 Å². The highest BCUT2D eigenvalue weighted by atomic mass is 16.5. The quantitative estimate of drug-likeness (QED) is 0.393. The lowest BCUT2D eigenvalue weighted by Gasteiger charge is -2.16. The Morgan fingerprint density at radius 1 is 1.33 bits per heavy atom. The molecule has 1 aliphatic carbocycles. The standard InChI is InChI=1S/C7H15NO4/c8-4-3-5(12-2-1-9)7(11)6(4)10/h4-7,9-11H,1-3,8H2/t4-,5+,6?,7-/m1/s1. The van der Waals surface area contributed by atoms with Crippen LogP contribution >= 0.6 is 0 Å². The molecule has 0 heterocycles. The van der Waals surface area contributed by atoms with Crippen molar-refractivity contribution in [1.82, 2.24) is 0 Å². The van der Waals surface area contributed by atoms with Gasteiger partial charge in [-0.2, -0.15) is 0 Å². The molecule has 12 heavy (non-hydrogen) atoms. The van der Waals surface area contributed by atoms with Gasteiger partial charge in [0.05, 0.1) is 25.4 Å². The second-order valence-corrected chi connectivity index (χ2v) is 3.01. The summed E-state index contributed by atoms with van der Waals surface area (Å²) in [6, 6.07) is -0.427. The summed E-state index contributed by atoms with van der Waals surface area (Å²) in [4.78, 5) is 0. The number of rotatable bonds is 3. The average molecular weight is 177 g/mol. The average Bonchev–Trinajstić information content (AvgIpc) is 2.30. The number of aliphatic hydroxyl groups excluding tert-OH is 3. The van der Waals surface area contributed by atoms with Crippen LogP contribution in [0.2, 0.25) is 0 Å². The lowest BCUT2D eigenvalue weighted by molar-refractivity contribution is -0.0615. The molecule has 1 rings (SSSR count). The second kappa shape index (κ2) is 4.15. The molecule has 0 saturated heterocycles. The van der Waals surface area contributed by atoms with E-state index in [-0.39, 0.29) is 13.2 Å². The number of hydrogen-bond donors (Lipinski definition) is 4. The van der Waals surface area contributed by atoms with E-state index >= 15 is 0 Å². The first kappa shape index (κ1) is 9.88. The Morgan fingerprint density at radius 3 is 2.42 bits per heavy atom. The van der Waals surface area contributed by atoms with Gasteiger partial charge in [0.1, 0.15) is 6.10 Å². The molecule has 1 fully saturated rings. The topological polar surface area (TPSA) is 95.9 Å². The van der Waals surface area contributed by atoms with Crippen molar-refractivity contribution in [3.8, 4) is 0 Å². The van der Waals surface area contributed by atoms with Gasteiger partial charge in [0, 0.05) is 6.04 Å². The molecule has 1 aliphatic rings. The molecule has 1 unspecified atom stereocenters. The molecule has 0 bridgehead atoms. The Balaban J connectivity index is 2.36. The lowest BCUT2D eigenvalue weighted by Crippen LogP contribution is -2.36. The predicted octanol–water partition coefficient (Wildman–Crippen LogP) is -2.18. The van der Waals surface area contributed by atoms with Gasteiger partial charge < -0.3 is 25.8 Å². The van der Waals surface area contributed by atoms with Crippen LogP contribution in [0.4, 0.5) is 0 Å². The monoisotopic (exact) mass is 177 g/mol. The fraction of sp³-hybridized carbons (Fsp3) is 1.00. The molecular weight excluding hydrogens is 162 g/mol. The summed E-state index contributed by atoms with van der Waals surface area (Å²) in [5.41, 5.74) is 5.48. The molecule has 72 valence electrons. The van der Waals surface area contributed by atoms with E-state index in [4.69, 9.17) is 15.6 Å². The number of nitrogens with two attached hydrogens (primary N) is 1. The van der Waals surface area contributed by atoms with Gasteiger partial charge in [0.15, 0.2) is 0 Å².